The van der Waals surface area contributed by atoms with E-state index in [1.807, 2.05) is 0 Å². The predicted molar refractivity (Wildman–Crippen MR) is 84.7 cm³/mol. The van der Waals surface area contributed by atoms with Crippen molar-refractivity contribution in [2.24, 2.45) is 0 Å². The SMILES string of the molecule is N#Cc1cccc(NC(=O)CCN2CCC3(CC2)OCCO3)c1. The molecule has 0 atom stereocenters. The number of likely N-dealkylation sites (tertiary alicyclic amines) is 1. The molecule has 3 rings (SSSR count). The fourth-order valence-corrected chi connectivity index (χ4v) is 3.05. The fourth-order valence-electron chi connectivity index (χ4n) is 3.05. The smallest absolute Gasteiger partial charge is 0.225 e. The number of hydrogen-bond acceptors (Lipinski definition) is 5. The van der Waals surface area contributed by atoms with Gasteiger partial charge < -0.3 is 19.7 Å². The van der Waals surface area contributed by atoms with E-state index in [2.05, 4.69) is 16.3 Å². The van der Waals surface area contributed by atoms with E-state index in [1.54, 1.807) is 24.3 Å². The van der Waals surface area contributed by atoms with Crippen LogP contribution in [-0.2, 0) is 14.3 Å². The van der Waals surface area contributed by atoms with Gasteiger partial charge in [0, 0.05) is 44.6 Å². The maximum atomic E-state index is 12.0. The number of benzene rings is 1. The van der Waals surface area contributed by atoms with Crippen LogP contribution in [0.4, 0.5) is 5.69 Å². The summed E-state index contributed by atoms with van der Waals surface area (Å²) in [4.78, 5) is 14.3. The Morgan fingerprint density at radius 2 is 2.04 bits per heavy atom. The minimum absolute atomic E-state index is 0.0336. The molecule has 0 saturated carbocycles. The molecule has 6 heteroatoms. The Hall–Kier alpha value is -1.94. The third-order valence-corrected chi connectivity index (χ3v) is 4.36. The third kappa shape index (κ3) is 4.08. The van der Waals surface area contributed by atoms with Crippen LogP contribution in [0.5, 0.6) is 0 Å². The van der Waals surface area contributed by atoms with Crippen LogP contribution in [-0.4, -0.2) is 49.4 Å². The van der Waals surface area contributed by atoms with Crippen LogP contribution in [0.2, 0.25) is 0 Å². The number of ether oxygens (including phenoxy) is 2. The molecule has 2 aliphatic rings. The number of nitrogens with zero attached hydrogens (tertiary/aromatic N) is 2. The van der Waals surface area contributed by atoms with E-state index in [4.69, 9.17) is 14.7 Å². The number of carbonyl (C=O) groups is 1. The lowest BCUT2D eigenvalue weighted by Gasteiger charge is -2.37. The minimum Gasteiger partial charge on any atom is -0.347 e. The maximum Gasteiger partial charge on any atom is 0.225 e. The van der Waals surface area contributed by atoms with E-state index in [9.17, 15) is 4.79 Å². The molecule has 0 radical (unpaired) electrons. The largest absolute Gasteiger partial charge is 0.347 e. The van der Waals surface area contributed by atoms with Crippen LogP contribution in [0, 0.1) is 11.3 Å². The van der Waals surface area contributed by atoms with E-state index in [1.165, 1.54) is 0 Å². The van der Waals surface area contributed by atoms with Crippen molar-refractivity contribution in [1.29, 1.82) is 5.26 Å². The highest BCUT2D eigenvalue weighted by molar-refractivity contribution is 5.90. The molecule has 0 unspecified atom stereocenters. The second-order valence-electron chi connectivity index (χ2n) is 5.94. The summed E-state index contributed by atoms with van der Waals surface area (Å²) in [6.07, 6.45) is 2.16. The highest BCUT2D eigenvalue weighted by Crippen LogP contribution is 2.31. The van der Waals surface area contributed by atoms with Crippen molar-refractivity contribution in [2.45, 2.75) is 25.0 Å². The van der Waals surface area contributed by atoms with Gasteiger partial charge >= 0.3 is 0 Å². The number of nitrogens with one attached hydrogen (secondary N) is 1. The molecule has 1 aromatic rings. The Morgan fingerprint density at radius 1 is 1.30 bits per heavy atom. The average molecular weight is 315 g/mol. The first-order chi connectivity index (χ1) is 11.2. The summed E-state index contributed by atoms with van der Waals surface area (Å²) >= 11 is 0. The highest BCUT2D eigenvalue weighted by Gasteiger charge is 2.39. The molecule has 0 aromatic heterocycles. The number of hydrogen-bond donors (Lipinski definition) is 1. The molecule has 2 heterocycles. The normalized spacial score (nSPS) is 20.3. The second-order valence-corrected chi connectivity index (χ2v) is 5.94. The maximum absolute atomic E-state index is 12.0. The van der Waals surface area contributed by atoms with Crippen LogP contribution in [0.1, 0.15) is 24.8 Å². The second kappa shape index (κ2) is 7.09. The van der Waals surface area contributed by atoms with Crippen LogP contribution in [0.3, 0.4) is 0 Å². The molecular formula is C17H21N3O3. The molecule has 6 nitrogen and oxygen atoms in total. The summed E-state index contributed by atoms with van der Waals surface area (Å²) in [6.45, 7) is 3.86. The average Bonchev–Trinajstić information content (AvgIpc) is 3.03. The van der Waals surface area contributed by atoms with Gasteiger partial charge in [-0.3, -0.25) is 4.79 Å². The lowest BCUT2D eigenvalue weighted by atomic mass is 10.0. The molecule has 1 spiro atoms. The van der Waals surface area contributed by atoms with Crippen LogP contribution < -0.4 is 5.32 Å². The van der Waals surface area contributed by atoms with E-state index in [0.717, 1.165) is 32.5 Å². The van der Waals surface area contributed by atoms with E-state index in [0.29, 0.717) is 30.9 Å². The summed E-state index contributed by atoms with van der Waals surface area (Å²) in [5, 5.41) is 11.7. The summed E-state index contributed by atoms with van der Waals surface area (Å²) < 4.78 is 11.4. The molecular weight excluding hydrogens is 294 g/mol. The monoisotopic (exact) mass is 315 g/mol. The Kier molecular flexibility index (Phi) is 4.91. The van der Waals surface area contributed by atoms with Crippen molar-refractivity contribution in [3.63, 3.8) is 0 Å². The lowest BCUT2D eigenvalue weighted by molar-refractivity contribution is -0.185. The first-order valence-electron chi connectivity index (χ1n) is 7.99. The van der Waals surface area contributed by atoms with Crippen molar-refractivity contribution in [3.8, 4) is 6.07 Å². The van der Waals surface area contributed by atoms with Crippen LogP contribution in [0.15, 0.2) is 24.3 Å². The summed E-state index contributed by atoms with van der Waals surface area (Å²) in [7, 11) is 0. The molecule has 23 heavy (non-hydrogen) atoms. The van der Waals surface area contributed by atoms with Crippen molar-refractivity contribution in [3.05, 3.63) is 29.8 Å². The lowest BCUT2D eigenvalue weighted by Crippen LogP contribution is -2.45. The molecule has 122 valence electrons. The van der Waals surface area contributed by atoms with Gasteiger partial charge in [0.25, 0.3) is 0 Å². The molecule has 0 aliphatic carbocycles. The summed E-state index contributed by atoms with van der Waals surface area (Å²) in [5.41, 5.74) is 1.21. The van der Waals surface area contributed by atoms with Crippen LogP contribution in [0.25, 0.3) is 0 Å². The van der Waals surface area contributed by atoms with Crippen molar-refractivity contribution < 1.29 is 14.3 Å². The van der Waals surface area contributed by atoms with Gasteiger partial charge in [-0.05, 0) is 18.2 Å². The first kappa shape index (κ1) is 15.9. The van der Waals surface area contributed by atoms with Gasteiger partial charge in [-0.15, -0.1) is 0 Å². The number of amides is 1. The highest BCUT2D eigenvalue weighted by atomic mass is 16.7. The number of carbonyl (C=O) groups excluding carboxylic acids is 1. The zero-order chi connectivity index (χ0) is 16.1. The Morgan fingerprint density at radius 3 is 2.74 bits per heavy atom. The van der Waals surface area contributed by atoms with E-state index >= 15 is 0 Å². The van der Waals surface area contributed by atoms with E-state index in [-0.39, 0.29) is 11.7 Å². The van der Waals surface area contributed by atoms with Gasteiger partial charge in [0.2, 0.25) is 5.91 Å². The van der Waals surface area contributed by atoms with Crippen molar-refractivity contribution in [2.75, 3.05) is 38.2 Å². The van der Waals surface area contributed by atoms with Crippen LogP contribution >= 0.6 is 0 Å². The Bertz CT molecular complexity index is 595. The molecule has 2 saturated heterocycles. The third-order valence-electron chi connectivity index (χ3n) is 4.36. The summed E-state index contributed by atoms with van der Waals surface area (Å²) in [6, 6.07) is 9.01. The van der Waals surface area contributed by atoms with Gasteiger partial charge in [-0.25, -0.2) is 0 Å². The van der Waals surface area contributed by atoms with Gasteiger partial charge in [0.1, 0.15) is 0 Å². The number of piperidine rings is 1. The topological polar surface area (TPSA) is 74.6 Å². The minimum atomic E-state index is -0.365. The predicted octanol–water partition coefficient (Wildman–Crippen LogP) is 1.73. The molecule has 1 aromatic carbocycles. The molecule has 1 N–H and O–H groups in total. The number of anilines is 1. The Balaban J connectivity index is 1.42. The molecule has 2 aliphatic heterocycles. The van der Waals surface area contributed by atoms with Gasteiger partial charge in [-0.1, -0.05) is 6.07 Å². The summed E-state index contributed by atoms with van der Waals surface area (Å²) in [5.74, 6) is -0.398. The van der Waals surface area contributed by atoms with Crippen molar-refractivity contribution >= 4 is 11.6 Å². The number of rotatable bonds is 4. The fraction of sp³-hybridized carbons (Fsp3) is 0.529. The zero-order valence-electron chi connectivity index (χ0n) is 13.1. The molecule has 0 bridgehead atoms. The Labute approximate surface area is 136 Å². The van der Waals surface area contributed by atoms with Gasteiger partial charge in [0.15, 0.2) is 5.79 Å². The quantitative estimate of drug-likeness (QED) is 0.916. The van der Waals surface area contributed by atoms with E-state index < -0.39 is 0 Å². The van der Waals surface area contributed by atoms with Crippen molar-refractivity contribution in [1.82, 2.24) is 4.90 Å². The zero-order valence-corrected chi connectivity index (χ0v) is 13.1. The first-order valence-corrected chi connectivity index (χ1v) is 7.99. The van der Waals surface area contributed by atoms with Gasteiger partial charge in [0.05, 0.1) is 24.8 Å². The molecule has 1 amide bonds. The number of nitriles is 1. The standard InChI is InChI=1S/C17H21N3O3/c18-13-14-2-1-3-15(12-14)19-16(21)4-7-20-8-5-17(6-9-20)22-10-11-23-17/h1-3,12H,4-11H2,(H,19,21). The molecule has 2 fully saturated rings. The van der Waals surface area contributed by atoms with Gasteiger partial charge in [-0.2, -0.15) is 5.26 Å².